The van der Waals surface area contributed by atoms with E-state index in [0.717, 1.165) is 0 Å². The van der Waals surface area contributed by atoms with E-state index in [2.05, 4.69) is 0 Å². The second-order valence-electron chi connectivity index (χ2n) is 9.79. The monoisotopic (exact) mass is 578 g/mol. The molecule has 12 heteroatoms. The molecule has 1 amide bonds. The summed E-state index contributed by atoms with van der Waals surface area (Å²) in [6, 6.07) is 21.4. The van der Waals surface area contributed by atoms with Crippen LogP contribution in [0.5, 0.6) is 11.5 Å². The van der Waals surface area contributed by atoms with Gasteiger partial charge in [0.2, 0.25) is 5.91 Å². The number of aliphatic hydroxyl groups is 1. The first kappa shape index (κ1) is 28.1. The molecule has 2 aliphatic rings. The third kappa shape index (κ3) is 5.33. The van der Waals surface area contributed by atoms with Gasteiger partial charge in [0.25, 0.3) is 5.69 Å². The lowest BCUT2D eigenvalue weighted by Gasteiger charge is -2.46. The summed E-state index contributed by atoms with van der Waals surface area (Å²) < 4.78 is 32.3. The Morgan fingerprint density at radius 3 is 2.02 bits per heavy atom. The largest absolute Gasteiger partial charge is 0.461 e. The van der Waals surface area contributed by atoms with Gasteiger partial charge in [0.15, 0.2) is 0 Å². The summed E-state index contributed by atoms with van der Waals surface area (Å²) in [7, 11) is -4.38. The standard InChI is InChI=1S/C29H27N2O9P/c1-18-25-24(19(2)32)28(33)30(25)26(29(34)38-17-20-13-15-21(16-14-20)31(35)36)27(18)41(37,39-22-9-5-3-6-10-22)40-23-11-7-4-8-12-23/h3-16,18-19,24-25,32H,17H2,1-2H3/t18-,19+,24-,25?/m0/s1. The summed E-state index contributed by atoms with van der Waals surface area (Å²) >= 11 is 0. The predicted octanol–water partition coefficient (Wildman–Crippen LogP) is 5.06. The topological polar surface area (TPSA) is 146 Å². The molecule has 0 aliphatic carbocycles. The highest BCUT2D eigenvalue weighted by atomic mass is 31.2. The van der Waals surface area contributed by atoms with Gasteiger partial charge in [-0.1, -0.05) is 43.3 Å². The molecular weight excluding hydrogens is 551 g/mol. The van der Waals surface area contributed by atoms with Crippen LogP contribution in [0.4, 0.5) is 5.69 Å². The average Bonchev–Trinajstić information content (AvgIpc) is 3.21. The van der Waals surface area contributed by atoms with Gasteiger partial charge in [-0.15, -0.1) is 0 Å². The number of para-hydroxylation sites is 2. The van der Waals surface area contributed by atoms with Gasteiger partial charge in [0.05, 0.1) is 23.0 Å². The van der Waals surface area contributed by atoms with Gasteiger partial charge in [-0.2, -0.15) is 0 Å². The second kappa shape index (κ2) is 11.2. The zero-order chi connectivity index (χ0) is 29.3. The van der Waals surface area contributed by atoms with Crippen molar-refractivity contribution in [2.45, 2.75) is 32.6 Å². The molecular formula is C29H27N2O9P. The number of ether oxygens (including phenoxy) is 1. The summed E-state index contributed by atoms with van der Waals surface area (Å²) in [4.78, 5) is 38.5. The fourth-order valence-electron chi connectivity index (χ4n) is 5.19. The fraction of sp³-hybridized carbons (Fsp3) is 0.241. The van der Waals surface area contributed by atoms with E-state index < -0.39 is 48.4 Å². The number of fused-ring (bicyclic) bond motifs is 1. The van der Waals surface area contributed by atoms with Crippen LogP contribution in [-0.2, 0) is 25.5 Å². The number of nitro benzene ring substituents is 1. The Morgan fingerprint density at radius 1 is 1.00 bits per heavy atom. The van der Waals surface area contributed by atoms with E-state index >= 15 is 0 Å². The molecule has 2 aliphatic heterocycles. The van der Waals surface area contributed by atoms with Crippen molar-refractivity contribution in [2.24, 2.45) is 11.8 Å². The summed E-state index contributed by atoms with van der Waals surface area (Å²) in [5, 5.41) is 21.3. The third-order valence-electron chi connectivity index (χ3n) is 7.08. The number of nitro groups is 1. The molecule has 1 saturated heterocycles. The minimum absolute atomic E-state index is 0.0413. The number of hydrogen-bond donors (Lipinski definition) is 1. The van der Waals surface area contributed by atoms with Gasteiger partial charge in [-0.3, -0.25) is 14.9 Å². The van der Waals surface area contributed by atoms with Crippen molar-refractivity contribution in [3.63, 3.8) is 0 Å². The number of β-lactam (4-membered cyclic amide) rings is 1. The van der Waals surface area contributed by atoms with Crippen LogP contribution in [0.2, 0.25) is 0 Å². The van der Waals surface area contributed by atoms with Crippen LogP contribution in [-0.4, -0.2) is 39.0 Å². The lowest BCUT2D eigenvalue weighted by Crippen LogP contribution is -2.63. The number of aliphatic hydroxyl groups excluding tert-OH is 1. The maximum Gasteiger partial charge on any atom is 0.461 e. The number of amides is 1. The molecule has 212 valence electrons. The highest BCUT2D eigenvalue weighted by Crippen LogP contribution is 2.65. The van der Waals surface area contributed by atoms with Gasteiger partial charge in [-0.25, -0.2) is 9.36 Å². The number of carbonyl (C=O) groups is 2. The highest BCUT2D eigenvalue weighted by molar-refractivity contribution is 7.59. The van der Waals surface area contributed by atoms with Gasteiger partial charge in [-0.05, 0) is 48.9 Å². The van der Waals surface area contributed by atoms with Gasteiger partial charge in [0.1, 0.15) is 29.1 Å². The first-order valence-electron chi connectivity index (χ1n) is 12.9. The molecule has 3 aromatic rings. The van der Waals surface area contributed by atoms with Crippen molar-refractivity contribution in [3.05, 3.63) is 112 Å². The summed E-state index contributed by atoms with van der Waals surface area (Å²) in [5.41, 5.74) is 0.0844. The molecule has 5 rings (SSSR count). The maximum absolute atomic E-state index is 14.8. The number of benzene rings is 3. The Bertz CT molecular complexity index is 1500. The van der Waals surface area contributed by atoms with Crippen LogP contribution in [0.25, 0.3) is 0 Å². The van der Waals surface area contributed by atoms with Crippen molar-refractivity contribution >= 4 is 25.2 Å². The maximum atomic E-state index is 14.8. The molecule has 1 fully saturated rings. The molecule has 2 heterocycles. The Labute approximate surface area is 235 Å². The highest BCUT2D eigenvalue weighted by Gasteiger charge is 2.64. The number of rotatable bonds is 10. The molecule has 4 atom stereocenters. The molecule has 0 spiro atoms. The minimum Gasteiger partial charge on any atom is -0.456 e. The molecule has 0 bridgehead atoms. The summed E-state index contributed by atoms with van der Waals surface area (Å²) in [6.45, 7) is 2.91. The quantitative estimate of drug-likeness (QED) is 0.115. The molecule has 1 N–H and O–H groups in total. The van der Waals surface area contributed by atoms with Crippen molar-refractivity contribution in [1.82, 2.24) is 4.90 Å². The summed E-state index contributed by atoms with van der Waals surface area (Å²) in [6.07, 6.45) is -1.02. The van der Waals surface area contributed by atoms with Crippen LogP contribution in [0.3, 0.4) is 0 Å². The van der Waals surface area contributed by atoms with Crippen molar-refractivity contribution in [3.8, 4) is 11.5 Å². The zero-order valence-corrected chi connectivity index (χ0v) is 23.0. The second-order valence-corrected chi connectivity index (χ2v) is 11.6. The normalized spacial score (nSPS) is 20.6. The van der Waals surface area contributed by atoms with E-state index in [4.69, 9.17) is 13.8 Å². The number of nitrogens with zero attached hydrogens (tertiary/aromatic N) is 2. The molecule has 0 saturated carbocycles. The van der Waals surface area contributed by atoms with Gasteiger partial charge in [0, 0.05) is 18.1 Å². The molecule has 0 radical (unpaired) electrons. The zero-order valence-electron chi connectivity index (χ0n) is 22.2. The minimum atomic E-state index is -4.38. The Balaban J connectivity index is 1.56. The molecule has 41 heavy (non-hydrogen) atoms. The van der Waals surface area contributed by atoms with Gasteiger partial charge >= 0.3 is 13.6 Å². The molecule has 11 nitrogen and oxygen atoms in total. The molecule has 0 aromatic heterocycles. The first-order chi connectivity index (χ1) is 19.6. The average molecular weight is 579 g/mol. The summed E-state index contributed by atoms with van der Waals surface area (Å²) in [5.74, 6) is -2.55. The van der Waals surface area contributed by atoms with Crippen LogP contribution < -0.4 is 9.05 Å². The van der Waals surface area contributed by atoms with E-state index in [1.54, 1.807) is 67.6 Å². The number of carbonyl (C=O) groups excluding carboxylic acids is 2. The van der Waals surface area contributed by atoms with E-state index in [1.165, 1.54) is 36.1 Å². The van der Waals surface area contributed by atoms with Crippen molar-refractivity contribution in [2.75, 3.05) is 0 Å². The SMILES string of the molecule is C[C@@H]1C(P(=O)(Oc2ccccc2)Oc2ccccc2)=C(C(=O)OCc2ccc([N+](=O)[O-])cc2)N2C(=O)[C@@H]([C@@H](C)O)C12. The Kier molecular flexibility index (Phi) is 7.66. The van der Waals surface area contributed by atoms with Crippen molar-refractivity contribution in [1.29, 1.82) is 0 Å². The van der Waals surface area contributed by atoms with E-state index in [9.17, 15) is 29.4 Å². The van der Waals surface area contributed by atoms with Crippen LogP contribution in [0.1, 0.15) is 19.4 Å². The van der Waals surface area contributed by atoms with Crippen LogP contribution in [0, 0.1) is 22.0 Å². The predicted molar refractivity (Wildman–Crippen MR) is 147 cm³/mol. The number of non-ortho nitro benzene ring substituents is 1. The van der Waals surface area contributed by atoms with Crippen molar-refractivity contribution < 1.29 is 38.0 Å². The lowest BCUT2D eigenvalue weighted by molar-refractivity contribution is -0.384. The Morgan fingerprint density at radius 2 is 1.54 bits per heavy atom. The fourth-order valence-corrected chi connectivity index (χ4v) is 7.33. The third-order valence-corrected chi connectivity index (χ3v) is 9.19. The first-order valence-corrected chi connectivity index (χ1v) is 14.4. The lowest BCUT2D eigenvalue weighted by atomic mass is 9.79. The molecule has 3 aromatic carbocycles. The van der Waals surface area contributed by atoms with E-state index in [0.29, 0.717) is 5.56 Å². The van der Waals surface area contributed by atoms with Gasteiger partial charge < -0.3 is 23.8 Å². The Hall–Kier alpha value is -4.47. The smallest absolute Gasteiger partial charge is 0.456 e. The van der Waals surface area contributed by atoms with Crippen LogP contribution in [0.15, 0.2) is 95.9 Å². The van der Waals surface area contributed by atoms with E-state index in [-0.39, 0.29) is 34.8 Å². The van der Waals surface area contributed by atoms with E-state index in [1.807, 2.05) is 0 Å². The number of esters is 1. The molecule has 1 unspecified atom stereocenters. The van der Waals surface area contributed by atoms with Crippen LogP contribution >= 0.6 is 7.60 Å². The number of hydrogen-bond acceptors (Lipinski definition) is 9.